The number of carbonyl (C=O) groups excluding carboxylic acids is 1. The predicted molar refractivity (Wildman–Crippen MR) is 65.1 cm³/mol. The summed E-state index contributed by atoms with van der Waals surface area (Å²) in [5, 5.41) is 9.12. The van der Waals surface area contributed by atoms with E-state index in [-0.39, 0.29) is 17.9 Å². The number of hydrogen-bond donors (Lipinski definition) is 1. The first-order chi connectivity index (χ1) is 8.63. The van der Waals surface area contributed by atoms with E-state index in [4.69, 9.17) is 9.84 Å². The Hall–Kier alpha value is -1.10. The van der Waals surface area contributed by atoms with Crippen molar-refractivity contribution in [2.45, 2.75) is 38.2 Å². The Morgan fingerprint density at radius 1 is 1.11 bits per heavy atom. The summed E-state index contributed by atoms with van der Waals surface area (Å²) in [5.41, 5.74) is 0. The van der Waals surface area contributed by atoms with Crippen molar-refractivity contribution in [2.75, 3.05) is 20.2 Å². The maximum atomic E-state index is 12.3. The molecule has 2 atom stereocenters. The van der Waals surface area contributed by atoms with Gasteiger partial charge in [-0.2, -0.15) is 0 Å². The Kier molecular flexibility index (Phi) is 4.22. The zero-order chi connectivity index (χ0) is 13.1. The molecule has 102 valence electrons. The van der Waals surface area contributed by atoms with Crippen molar-refractivity contribution in [1.29, 1.82) is 0 Å². The van der Waals surface area contributed by atoms with E-state index in [1.165, 1.54) is 0 Å². The predicted octanol–water partition coefficient (Wildman–Crippen LogP) is 1.12. The van der Waals surface area contributed by atoms with Crippen LogP contribution < -0.4 is 0 Å². The minimum absolute atomic E-state index is 0.0365. The molecular weight excluding hydrogens is 234 g/mol. The van der Waals surface area contributed by atoms with Gasteiger partial charge >= 0.3 is 5.97 Å². The molecule has 0 spiro atoms. The summed E-state index contributed by atoms with van der Waals surface area (Å²) >= 11 is 0. The van der Waals surface area contributed by atoms with Crippen molar-refractivity contribution in [3.8, 4) is 0 Å². The Bertz CT molecular complexity index is 323. The zero-order valence-corrected chi connectivity index (χ0v) is 10.8. The molecule has 0 bridgehead atoms. The zero-order valence-electron chi connectivity index (χ0n) is 10.8. The van der Waals surface area contributed by atoms with Crippen molar-refractivity contribution < 1.29 is 19.4 Å². The molecule has 2 unspecified atom stereocenters. The quantitative estimate of drug-likeness (QED) is 0.820. The van der Waals surface area contributed by atoms with Gasteiger partial charge in [-0.25, -0.2) is 0 Å². The molecule has 2 rings (SSSR count). The normalized spacial score (nSPS) is 29.5. The van der Waals surface area contributed by atoms with Crippen LogP contribution in [0.4, 0.5) is 0 Å². The highest BCUT2D eigenvalue weighted by Crippen LogP contribution is 2.34. The lowest BCUT2D eigenvalue weighted by Gasteiger charge is -2.33. The molecule has 5 nitrogen and oxygen atoms in total. The Morgan fingerprint density at radius 2 is 1.72 bits per heavy atom. The van der Waals surface area contributed by atoms with Crippen LogP contribution >= 0.6 is 0 Å². The van der Waals surface area contributed by atoms with E-state index in [0.717, 1.165) is 25.7 Å². The standard InChI is InChI=1S/C13H21NO4/c1-18-9-5-7-14(8-6-9)12(15)10-3-2-4-11(10)13(16)17/h9-11H,2-8H2,1H3,(H,16,17). The third kappa shape index (κ3) is 2.66. The minimum Gasteiger partial charge on any atom is -0.481 e. The van der Waals surface area contributed by atoms with Crippen LogP contribution in [0.5, 0.6) is 0 Å². The third-order valence-electron chi connectivity index (χ3n) is 4.24. The highest BCUT2D eigenvalue weighted by atomic mass is 16.5. The number of ether oxygens (including phenoxy) is 1. The fourth-order valence-electron chi connectivity index (χ4n) is 3.10. The van der Waals surface area contributed by atoms with Gasteiger partial charge in [-0.3, -0.25) is 9.59 Å². The molecule has 0 radical (unpaired) electrons. The molecule has 2 fully saturated rings. The Balaban J connectivity index is 1.93. The molecule has 1 saturated heterocycles. The van der Waals surface area contributed by atoms with Crippen molar-refractivity contribution in [3.05, 3.63) is 0 Å². The molecule has 1 saturated carbocycles. The van der Waals surface area contributed by atoms with Crippen LogP contribution in [-0.2, 0) is 14.3 Å². The van der Waals surface area contributed by atoms with Gasteiger partial charge in [0.25, 0.3) is 0 Å². The first-order valence-electron chi connectivity index (χ1n) is 6.68. The largest absolute Gasteiger partial charge is 0.481 e. The maximum absolute atomic E-state index is 12.3. The summed E-state index contributed by atoms with van der Waals surface area (Å²) in [6.45, 7) is 1.39. The number of methoxy groups -OCH3 is 1. The number of aliphatic carboxylic acids is 1. The van der Waals surface area contributed by atoms with Crippen LogP contribution in [-0.4, -0.2) is 48.2 Å². The number of rotatable bonds is 3. The summed E-state index contributed by atoms with van der Waals surface area (Å²) in [4.78, 5) is 25.3. The van der Waals surface area contributed by atoms with E-state index in [2.05, 4.69) is 0 Å². The molecule has 1 heterocycles. The van der Waals surface area contributed by atoms with E-state index < -0.39 is 11.9 Å². The van der Waals surface area contributed by atoms with Gasteiger partial charge in [-0.15, -0.1) is 0 Å². The number of nitrogens with zero attached hydrogens (tertiary/aromatic N) is 1. The smallest absolute Gasteiger partial charge is 0.307 e. The fraction of sp³-hybridized carbons (Fsp3) is 0.846. The van der Waals surface area contributed by atoms with Crippen LogP contribution in [0.25, 0.3) is 0 Å². The molecule has 5 heteroatoms. The lowest BCUT2D eigenvalue weighted by Crippen LogP contribution is -2.45. The summed E-state index contributed by atoms with van der Waals surface area (Å²) in [6, 6.07) is 0. The van der Waals surface area contributed by atoms with E-state index in [1.54, 1.807) is 7.11 Å². The summed E-state index contributed by atoms with van der Waals surface area (Å²) in [5.74, 6) is -1.56. The number of carboxylic acids is 1. The number of piperidine rings is 1. The molecule has 2 aliphatic rings. The van der Waals surface area contributed by atoms with Gasteiger partial charge in [0.1, 0.15) is 0 Å². The molecule has 1 aliphatic carbocycles. The average molecular weight is 255 g/mol. The highest BCUT2D eigenvalue weighted by molar-refractivity contribution is 5.85. The monoisotopic (exact) mass is 255 g/mol. The lowest BCUT2D eigenvalue weighted by molar-refractivity contribution is -0.150. The summed E-state index contributed by atoms with van der Waals surface area (Å²) < 4.78 is 5.27. The number of likely N-dealkylation sites (tertiary alicyclic amines) is 1. The van der Waals surface area contributed by atoms with Crippen LogP contribution in [0.1, 0.15) is 32.1 Å². The van der Waals surface area contributed by atoms with E-state index in [1.807, 2.05) is 4.90 Å². The second-order valence-electron chi connectivity index (χ2n) is 5.24. The van der Waals surface area contributed by atoms with Crippen molar-refractivity contribution in [2.24, 2.45) is 11.8 Å². The average Bonchev–Trinajstić information content (AvgIpc) is 2.87. The molecule has 1 aliphatic heterocycles. The van der Waals surface area contributed by atoms with Gasteiger partial charge in [0.05, 0.1) is 17.9 Å². The van der Waals surface area contributed by atoms with Crippen LogP contribution in [0, 0.1) is 11.8 Å². The van der Waals surface area contributed by atoms with E-state index >= 15 is 0 Å². The summed E-state index contributed by atoms with van der Waals surface area (Å²) in [6.07, 6.45) is 4.16. The van der Waals surface area contributed by atoms with Crippen molar-refractivity contribution >= 4 is 11.9 Å². The molecule has 1 N–H and O–H groups in total. The maximum Gasteiger partial charge on any atom is 0.307 e. The second-order valence-corrected chi connectivity index (χ2v) is 5.24. The van der Waals surface area contributed by atoms with Crippen LogP contribution in [0.3, 0.4) is 0 Å². The molecule has 18 heavy (non-hydrogen) atoms. The van der Waals surface area contributed by atoms with Gasteiger partial charge in [0.2, 0.25) is 5.91 Å². The van der Waals surface area contributed by atoms with E-state index in [9.17, 15) is 9.59 Å². The number of amides is 1. The van der Waals surface area contributed by atoms with Crippen LogP contribution in [0.2, 0.25) is 0 Å². The number of carboxylic acid groups (broad SMARTS) is 1. The molecule has 0 aromatic rings. The van der Waals surface area contributed by atoms with Gasteiger partial charge < -0.3 is 14.7 Å². The Morgan fingerprint density at radius 3 is 2.28 bits per heavy atom. The second kappa shape index (κ2) is 5.69. The van der Waals surface area contributed by atoms with Crippen molar-refractivity contribution in [1.82, 2.24) is 4.90 Å². The van der Waals surface area contributed by atoms with Gasteiger partial charge in [0, 0.05) is 20.2 Å². The van der Waals surface area contributed by atoms with Crippen molar-refractivity contribution in [3.63, 3.8) is 0 Å². The number of hydrogen-bond acceptors (Lipinski definition) is 3. The minimum atomic E-state index is -0.822. The molecule has 0 aromatic heterocycles. The summed E-state index contributed by atoms with van der Waals surface area (Å²) in [7, 11) is 1.69. The molecular formula is C13H21NO4. The fourth-order valence-corrected chi connectivity index (χ4v) is 3.10. The lowest BCUT2D eigenvalue weighted by atomic mass is 9.93. The third-order valence-corrected chi connectivity index (χ3v) is 4.24. The SMILES string of the molecule is COC1CCN(C(=O)C2CCCC2C(=O)O)CC1. The van der Waals surface area contributed by atoms with Gasteiger partial charge in [0.15, 0.2) is 0 Å². The molecule has 1 amide bonds. The van der Waals surface area contributed by atoms with Crippen LogP contribution in [0.15, 0.2) is 0 Å². The first kappa shape index (κ1) is 13.3. The topological polar surface area (TPSA) is 66.8 Å². The highest BCUT2D eigenvalue weighted by Gasteiger charge is 2.40. The molecule has 0 aromatic carbocycles. The first-order valence-corrected chi connectivity index (χ1v) is 6.68. The van der Waals surface area contributed by atoms with Gasteiger partial charge in [-0.05, 0) is 25.7 Å². The van der Waals surface area contributed by atoms with Gasteiger partial charge in [-0.1, -0.05) is 6.42 Å². The Labute approximate surface area is 107 Å². The number of carbonyl (C=O) groups is 2. The van der Waals surface area contributed by atoms with E-state index in [0.29, 0.717) is 19.5 Å².